The summed E-state index contributed by atoms with van der Waals surface area (Å²) in [5, 5.41) is 13.0. The first-order valence-electron chi connectivity index (χ1n) is 7.39. The van der Waals surface area contributed by atoms with E-state index < -0.39 is 21.4 Å². The molecule has 0 fully saturated rings. The fourth-order valence-corrected chi connectivity index (χ4v) is 3.30. The lowest BCUT2D eigenvalue weighted by atomic mass is 9.95. The van der Waals surface area contributed by atoms with Crippen LogP contribution < -0.4 is 15.8 Å². The van der Waals surface area contributed by atoms with Crippen LogP contribution in [0.15, 0.2) is 40.0 Å². The largest absolute Gasteiger partial charge is 0.481 e. The number of rotatable bonds is 6. The van der Waals surface area contributed by atoms with E-state index >= 15 is 0 Å². The number of hydrogen-bond acceptors (Lipinski definition) is 5. The molecule has 2 rings (SSSR count). The normalized spacial score (nSPS) is 13.0. The zero-order valence-electron chi connectivity index (χ0n) is 14.0. The maximum atomic E-state index is 12.5. The van der Waals surface area contributed by atoms with E-state index in [1.165, 1.54) is 38.4 Å². The number of nitrogens with zero attached hydrogens (tertiary/aromatic N) is 2. The monoisotopic (exact) mass is 399 g/mol. The molecule has 1 heterocycles. The lowest BCUT2D eigenvalue weighted by Gasteiger charge is -2.19. The van der Waals surface area contributed by atoms with Crippen molar-refractivity contribution in [2.75, 3.05) is 11.9 Å². The van der Waals surface area contributed by atoms with Crippen LogP contribution in [0.3, 0.4) is 0 Å². The Kier molecular flexibility index (Phi) is 5.69. The number of nitrogens with two attached hydrogens (primary N) is 1. The third-order valence-corrected chi connectivity index (χ3v) is 5.26. The summed E-state index contributed by atoms with van der Waals surface area (Å²) in [4.78, 5) is 15.1. The molecule has 0 spiro atoms. The van der Waals surface area contributed by atoms with Gasteiger partial charge in [0.05, 0.1) is 22.2 Å². The standard InChI is InChI=1S/C15H18ClN5O4S/c1-15(2,13(22)23)8-19-26(24,25)10-3-4-11-9(5-10)6-18-7-12(11)20-14(17)21-16/h3-7,19H,8H2,1-2H3,(H,22,23)(H3,17,20,21). The molecular formula is C15H18ClN5O4S. The van der Waals surface area contributed by atoms with Crippen LogP contribution >= 0.6 is 11.8 Å². The molecule has 0 amide bonds. The molecule has 0 unspecified atom stereocenters. The van der Waals surface area contributed by atoms with Crippen molar-refractivity contribution < 1.29 is 18.3 Å². The van der Waals surface area contributed by atoms with Gasteiger partial charge in [-0.3, -0.25) is 9.78 Å². The zero-order valence-corrected chi connectivity index (χ0v) is 15.6. The van der Waals surface area contributed by atoms with Crippen molar-refractivity contribution in [2.45, 2.75) is 18.7 Å². The topological polar surface area (TPSA) is 147 Å². The number of pyridine rings is 1. The Balaban J connectivity index is 2.35. The molecular weight excluding hydrogens is 382 g/mol. The second-order valence-electron chi connectivity index (χ2n) is 6.18. The van der Waals surface area contributed by atoms with Gasteiger partial charge in [-0.05, 0) is 26.0 Å². The number of guanidine groups is 1. The van der Waals surface area contributed by atoms with Gasteiger partial charge in [0, 0.05) is 35.3 Å². The van der Waals surface area contributed by atoms with Gasteiger partial charge in [-0.15, -0.1) is 4.51 Å². The molecule has 0 atom stereocenters. The van der Waals surface area contributed by atoms with Gasteiger partial charge < -0.3 is 16.2 Å². The average Bonchev–Trinajstić information content (AvgIpc) is 2.59. The number of hydrogen-bond donors (Lipinski definition) is 4. The number of nitrogens with one attached hydrogen (secondary N) is 2. The van der Waals surface area contributed by atoms with Crippen molar-refractivity contribution in [3.05, 3.63) is 30.6 Å². The number of aromatic nitrogens is 1. The second kappa shape index (κ2) is 7.44. The van der Waals surface area contributed by atoms with Crippen molar-refractivity contribution in [1.29, 1.82) is 0 Å². The third kappa shape index (κ3) is 4.40. The molecule has 9 nitrogen and oxygen atoms in total. The van der Waals surface area contributed by atoms with Gasteiger partial charge in [-0.25, -0.2) is 13.1 Å². The third-order valence-electron chi connectivity index (χ3n) is 3.68. The van der Waals surface area contributed by atoms with Gasteiger partial charge in [0.15, 0.2) is 0 Å². The van der Waals surface area contributed by atoms with Crippen molar-refractivity contribution in [1.82, 2.24) is 9.71 Å². The number of carbonyl (C=O) groups is 1. The van der Waals surface area contributed by atoms with E-state index in [1.54, 1.807) is 6.07 Å². The molecule has 0 saturated carbocycles. The summed E-state index contributed by atoms with van der Waals surface area (Å²) in [6.07, 6.45) is 2.99. The molecule has 140 valence electrons. The number of aliphatic carboxylic acids is 1. The van der Waals surface area contributed by atoms with Gasteiger partial charge in [0.25, 0.3) is 0 Å². The van der Waals surface area contributed by atoms with Crippen molar-refractivity contribution in [2.24, 2.45) is 15.7 Å². The van der Waals surface area contributed by atoms with Crippen LogP contribution in [0.25, 0.3) is 10.8 Å². The quantitative estimate of drug-likeness (QED) is 0.425. The summed E-state index contributed by atoms with van der Waals surface area (Å²) in [6.45, 7) is 2.62. The number of benzene rings is 1. The molecule has 1 aromatic heterocycles. The number of carboxylic acid groups (broad SMARTS) is 1. The minimum Gasteiger partial charge on any atom is -0.481 e. The van der Waals surface area contributed by atoms with Gasteiger partial charge in [0.2, 0.25) is 16.0 Å². The van der Waals surface area contributed by atoms with Crippen LogP contribution in [0, 0.1) is 5.41 Å². The average molecular weight is 400 g/mol. The maximum absolute atomic E-state index is 12.5. The molecule has 2 aromatic rings. The summed E-state index contributed by atoms with van der Waals surface area (Å²) < 4.78 is 30.5. The van der Waals surface area contributed by atoms with E-state index in [1.807, 2.05) is 0 Å². The number of sulfonamides is 1. The second-order valence-corrected chi connectivity index (χ2v) is 8.11. The van der Waals surface area contributed by atoms with E-state index in [0.717, 1.165) is 0 Å². The first-order chi connectivity index (χ1) is 12.1. The molecule has 1 aromatic carbocycles. The fraction of sp³-hybridized carbons (Fsp3) is 0.267. The van der Waals surface area contributed by atoms with Crippen molar-refractivity contribution in [3.63, 3.8) is 0 Å². The SMILES string of the molecule is CC(C)(CNS(=O)(=O)c1ccc2c(NC(N)=NCl)cncc2c1)C(=O)O. The van der Waals surface area contributed by atoms with Crippen molar-refractivity contribution in [3.8, 4) is 0 Å². The zero-order chi connectivity index (χ0) is 19.5. The molecule has 0 aliphatic carbocycles. The van der Waals surface area contributed by atoms with Crippen LogP contribution in [0.1, 0.15) is 13.8 Å². The number of fused-ring (bicyclic) bond motifs is 1. The number of carboxylic acids is 1. The van der Waals surface area contributed by atoms with Gasteiger partial charge >= 0.3 is 5.97 Å². The number of anilines is 1. The first-order valence-corrected chi connectivity index (χ1v) is 9.21. The predicted octanol–water partition coefficient (Wildman–Crippen LogP) is 1.50. The molecule has 0 aliphatic heterocycles. The lowest BCUT2D eigenvalue weighted by molar-refractivity contribution is -0.146. The molecule has 26 heavy (non-hydrogen) atoms. The molecule has 0 bridgehead atoms. The molecule has 11 heteroatoms. The summed E-state index contributed by atoms with van der Waals surface area (Å²) in [7, 11) is -3.89. The van der Waals surface area contributed by atoms with Crippen LogP contribution in [0.2, 0.25) is 0 Å². The maximum Gasteiger partial charge on any atom is 0.310 e. The van der Waals surface area contributed by atoms with Crippen LogP contribution in [0.4, 0.5) is 5.69 Å². The Morgan fingerprint density at radius 1 is 1.38 bits per heavy atom. The van der Waals surface area contributed by atoms with E-state index in [-0.39, 0.29) is 17.4 Å². The summed E-state index contributed by atoms with van der Waals surface area (Å²) in [5.41, 5.74) is 4.80. The number of halogens is 1. The highest BCUT2D eigenvalue weighted by Gasteiger charge is 2.29. The Morgan fingerprint density at radius 2 is 2.08 bits per heavy atom. The van der Waals surface area contributed by atoms with Crippen molar-refractivity contribution >= 4 is 50.2 Å². The molecule has 5 N–H and O–H groups in total. The molecule has 0 saturated heterocycles. The van der Waals surface area contributed by atoms with E-state index in [4.69, 9.17) is 22.6 Å². The predicted molar refractivity (Wildman–Crippen MR) is 99.4 cm³/mol. The Bertz CT molecular complexity index is 975. The van der Waals surface area contributed by atoms with Gasteiger partial charge in [-0.1, -0.05) is 6.07 Å². The first kappa shape index (κ1) is 19.9. The fourth-order valence-electron chi connectivity index (χ4n) is 2.01. The smallest absolute Gasteiger partial charge is 0.310 e. The summed E-state index contributed by atoms with van der Waals surface area (Å²) >= 11 is 5.28. The summed E-state index contributed by atoms with van der Waals surface area (Å²) in [6, 6.07) is 4.41. The van der Waals surface area contributed by atoms with Crippen LogP contribution in [0.5, 0.6) is 0 Å². The summed E-state index contributed by atoms with van der Waals surface area (Å²) in [5.74, 6) is -1.13. The van der Waals surface area contributed by atoms with Crippen LogP contribution in [-0.2, 0) is 14.8 Å². The van der Waals surface area contributed by atoms with E-state index in [0.29, 0.717) is 16.5 Å². The Labute approximate surface area is 155 Å². The minimum absolute atomic E-state index is 0.0101. The van der Waals surface area contributed by atoms with E-state index in [2.05, 4.69) is 19.5 Å². The Hall–Kier alpha value is -2.43. The highest BCUT2D eigenvalue weighted by Crippen LogP contribution is 2.25. The highest BCUT2D eigenvalue weighted by atomic mass is 35.5. The van der Waals surface area contributed by atoms with Gasteiger partial charge in [-0.2, -0.15) is 0 Å². The Morgan fingerprint density at radius 3 is 2.69 bits per heavy atom. The van der Waals surface area contributed by atoms with Crippen LogP contribution in [-0.4, -0.2) is 37.0 Å². The van der Waals surface area contributed by atoms with E-state index in [9.17, 15) is 13.2 Å². The highest BCUT2D eigenvalue weighted by molar-refractivity contribution is 7.89. The minimum atomic E-state index is -3.89. The molecule has 0 radical (unpaired) electrons. The van der Waals surface area contributed by atoms with Gasteiger partial charge in [0.1, 0.15) is 0 Å². The lowest BCUT2D eigenvalue weighted by Crippen LogP contribution is -2.38. The molecule has 0 aliphatic rings.